The van der Waals surface area contributed by atoms with Crippen molar-refractivity contribution in [2.24, 2.45) is 0 Å². The molecule has 0 aliphatic rings. The molecule has 0 aliphatic carbocycles. The van der Waals surface area contributed by atoms with Gasteiger partial charge in [-0.25, -0.2) is 0 Å². The molecule has 5 nitrogen and oxygen atoms in total. The van der Waals surface area contributed by atoms with Crippen molar-refractivity contribution in [2.75, 3.05) is 7.05 Å². The highest BCUT2D eigenvalue weighted by atomic mass is 15.3. The number of hydrogen-bond donors (Lipinski definition) is 1. The summed E-state index contributed by atoms with van der Waals surface area (Å²) in [6.07, 6.45) is 1.94. The van der Waals surface area contributed by atoms with E-state index in [9.17, 15) is 0 Å². The maximum atomic E-state index is 8.97. The Kier molecular flexibility index (Phi) is 4.26. The Morgan fingerprint density at radius 2 is 2.15 bits per heavy atom. The van der Waals surface area contributed by atoms with Crippen LogP contribution in [-0.2, 0) is 19.6 Å². The molecular formula is C15H21N5. The summed E-state index contributed by atoms with van der Waals surface area (Å²) in [6.45, 7) is 8.67. The van der Waals surface area contributed by atoms with Gasteiger partial charge >= 0.3 is 0 Å². The van der Waals surface area contributed by atoms with Gasteiger partial charge in [0.2, 0.25) is 0 Å². The molecule has 0 saturated heterocycles. The predicted molar refractivity (Wildman–Crippen MR) is 78.1 cm³/mol. The van der Waals surface area contributed by atoms with E-state index in [-0.39, 0.29) is 0 Å². The lowest BCUT2D eigenvalue weighted by atomic mass is 10.2. The third kappa shape index (κ3) is 2.91. The summed E-state index contributed by atoms with van der Waals surface area (Å²) in [7, 11) is 2.07. The number of rotatable bonds is 5. The maximum Gasteiger partial charge on any atom is 0.101 e. The number of nitrogens with zero attached hydrogens (tertiary/aromatic N) is 4. The van der Waals surface area contributed by atoms with Crippen LogP contribution in [0.5, 0.6) is 0 Å². The van der Waals surface area contributed by atoms with Gasteiger partial charge in [0.05, 0.1) is 11.8 Å². The lowest BCUT2D eigenvalue weighted by Gasteiger charge is -2.15. The quantitative estimate of drug-likeness (QED) is 0.908. The number of aryl methyl sites for hydroxylation is 2. The minimum absolute atomic E-state index is 0.725. The molecular weight excluding hydrogens is 250 g/mol. The van der Waals surface area contributed by atoms with Gasteiger partial charge in [-0.2, -0.15) is 10.4 Å². The normalized spacial score (nSPS) is 11.0. The van der Waals surface area contributed by atoms with E-state index >= 15 is 0 Å². The fourth-order valence-corrected chi connectivity index (χ4v) is 2.42. The molecule has 1 N–H and O–H groups in total. The summed E-state index contributed by atoms with van der Waals surface area (Å²) in [5.41, 5.74) is 5.20. The third-order valence-electron chi connectivity index (χ3n) is 3.58. The largest absolute Gasteiger partial charge is 0.360 e. The van der Waals surface area contributed by atoms with Crippen molar-refractivity contribution in [1.82, 2.24) is 19.7 Å². The van der Waals surface area contributed by atoms with Crippen molar-refractivity contribution in [1.29, 1.82) is 5.26 Å². The van der Waals surface area contributed by atoms with Crippen LogP contribution >= 0.6 is 0 Å². The smallest absolute Gasteiger partial charge is 0.101 e. The van der Waals surface area contributed by atoms with Crippen LogP contribution in [-0.4, -0.2) is 26.7 Å². The molecule has 2 aromatic rings. The van der Waals surface area contributed by atoms with Crippen LogP contribution in [0.2, 0.25) is 0 Å². The van der Waals surface area contributed by atoms with Crippen LogP contribution in [0.3, 0.4) is 0 Å². The molecule has 0 spiro atoms. The summed E-state index contributed by atoms with van der Waals surface area (Å²) in [5, 5.41) is 13.3. The minimum Gasteiger partial charge on any atom is -0.360 e. The molecule has 0 amide bonds. The van der Waals surface area contributed by atoms with Crippen molar-refractivity contribution in [2.45, 2.75) is 40.4 Å². The molecule has 2 rings (SSSR count). The van der Waals surface area contributed by atoms with Gasteiger partial charge in [-0.1, -0.05) is 0 Å². The Bertz CT molecular complexity index is 629. The Hall–Kier alpha value is -2.06. The van der Waals surface area contributed by atoms with Crippen molar-refractivity contribution < 1.29 is 0 Å². The molecule has 0 fully saturated rings. The average Bonchev–Trinajstić information content (AvgIpc) is 2.93. The fourth-order valence-electron chi connectivity index (χ4n) is 2.42. The van der Waals surface area contributed by atoms with E-state index in [2.05, 4.69) is 41.9 Å². The monoisotopic (exact) mass is 271 g/mol. The van der Waals surface area contributed by atoms with E-state index in [1.54, 1.807) is 0 Å². The number of H-pyrrole nitrogens is 1. The Labute approximate surface area is 119 Å². The second kappa shape index (κ2) is 5.93. The summed E-state index contributed by atoms with van der Waals surface area (Å²) in [5.74, 6) is 0. The van der Waals surface area contributed by atoms with Crippen LogP contribution < -0.4 is 0 Å². The summed E-state index contributed by atoms with van der Waals surface area (Å²) >= 11 is 0. The average molecular weight is 271 g/mol. The van der Waals surface area contributed by atoms with E-state index < -0.39 is 0 Å². The zero-order chi connectivity index (χ0) is 14.7. The lowest BCUT2D eigenvalue weighted by Crippen LogP contribution is -2.18. The SMILES string of the molecule is CCn1ncc(CN(C)Cc2cc(C#N)c(C)[nH]2)c1C. The predicted octanol–water partition coefficient (Wildman–Crippen LogP) is 2.35. The van der Waals surface area contributed by atoms with E-state index in [0.717, 1.165) is 36.6 Å². The Morgan fingerprint density at radius 1 is 1.40 bits per heavy atom. The topological polar surface area (TPSA) is 60.6 Å². The standard InChI is InChI=1S/C15H21N5/c1-5-20-12(3)14(8-17-20)9-19(4)10-15-6-13(7-16)11(2)18-15/h6,8,18H,5,9-10H2,1-4H3. The molecule has 0 bridgehead atoms. The number of nitriles is 1. The molecule has 0 atom stereocenters. The fraction of sp³-hybridized carbons (Fsp3) is 0.467. The molecule has 0 aliphatic heterocycles. The van der Waals surface area contributed by atoms with Gasteiger partial charge in [0.25, 0.3) is 0 Å². The number of aromatic nitrogens is 3. The highest BCUT2D eigenvalue weighted by molar-refractivity contribution is 5.35. The minimum atomic E-state index is 0.725. The molecule has 2 heterocycles. The van der Waals surface area contributed by atoms with Crippen LogP contribution in [0.25, 0.3) is 0 Å². The summed E-state index contributed by atoms with van der Waals surface area (Å²) < 4.78 is 2.01. The maximum absolute atomic E-state index is 8.97. The van der Waals surface area contributed by atoms with Crippen LogP contribution in [0.1, 0.15) is 35.1 Å². The van der Waals surface area contributed by atoms with Gasteiger partial charge in [-0.3, -0.25) is 9.58 Å². The van der Waals surface area contributed by atoms with Gasteiger partial charge in [-0.05, 0) is 33.9 Å². The Balaban J connectivity index is 2.03. The first-order chi connectivity index (χ1) is 9.55. The highest BCUT2D eigenvalue weighted by Gasteiger charge is 2.10. The molecule has 0 aromatic carbocycles. The highest BCUT2D eigenvalue weighted by Crippen LogP contribution is 2.14. The number of hydrogen-bond acceptors (Lipinski definition) is 3. The van der Waals surface area contributed by atoms with Gasteiger partial charge in [0.15, 0.2) is 0 Å². The van der Waals surface area contributed by atoms with Gasteiger partial charge in [0.1, 0.15) is 6.07 Å². The lowest BCUT2D eigenvalue weighted by molar-refractivity contribution is 0.314. The molecule has 0 radical (unpaired) electrons. The number of aromatic amines is 1. The zero-order valence-electron chi connectivity index (χ0n) is 12.6. The van der Waals surface area contributed by atoms with E-state index in [4.69, 9.17) is 5.26 Å². The van der Waals surface area contributed by atoms with Crippen molar-refractivity contribution in [3.05, 3.63) is 40.5 Å². The molecule has 106 valence electrons. The van der Waals surface area contributed by atoms with Crippen molar-refractivity contribution >= 4 is 0 Å². The molecule has 20 heavy (non-hydrogen) atoms. The van der Waals surface area contributed by atoms with E-state index in [1.165, 1.54) is 11.3 Å². The summed E-state index contributed by atoms with van der Waals surface area (Å²) in [6, 6.07) is 4.12. The van der Waals surface area contributed by atoms with E-state index in [1.807, 2.05) is 23.9 Å². The van der Waals surface area contributed by atoms with Crippen LogP contribution in [0.4, 0.5) is 0 Å². The van der Waals surface area contributed by atoms with Crippen LogP contribution in [0, 0.1) is 25.2 Å². The van der Waals surface area contributed by atoms with Crippen molar-refractivity contribution in [3.8, 4) is 6.07 Å². The van der Waals surface area contributed by atoms with Crippen LogP contribution in [0.15, 0.2) is 12.3 Å². The first-order valence-corrected chi connectivity index (χ1v) is 6.83. The van der Waals surface area contributed by atoms with Gasteiger partial charge in [-0.15, -0.1) is 0 Å². The molecule has 0 saturated carbocycles. The second-order valence-electron chi connectivity index (χ2n) is 5.19. The zero-order valence-corrected chi connectivity index (χ0v) is 12.6. The first-order valence-electron chi connectivity index (χ1n) is 6.83. The first kappa shape index (κ1) is 14.4. The number of nitrogens with one attached hydrogen (secondary N) is 1. The molecule has 2 aromatic heterocycles. The van der Waals surface area contributed by atoms with E-state index in [0.29, 0.717) is 0 Å². The third-order valence-corrected chi connectivity index (χ3v) is 3.58. The van der Waals surface area contributed by atoms with Crippen molar-refractivity contribution in [3.63, 3.8) is 0 Å². The Morgan fingerprint density at radius 3 is 2.70 bits per heavy atom. The second-order valence-corrected chi connectivity index (χ2v) is 5.19. The molecule has 5 heteroatoms. The van der Waals surface area contributed by atoms with Gasteiger partial charge < -0.3 is 4.98 Å². The summed E-state index contributed by atoms with van der Waals surface area (Å²) in [4.78, 5) is 5.48. The molecule has 0 unspecified atom stereocenters. The van der Waals surface area contributed by atoms with Gasteiger partial charge in [0, 0.05) is 42.3 Å².